The Bertz CT molecular complexity index is 4140. The van der Waals surface area contributed by atoms with E-state index in [0.29, 0.717) is 0 Å². The number of aromatic nitrogens is 6. The van der Waals surface area contributed by atoms with Crippen LogP contribution in [0, 0.1) is 104 Å². The summed E-state index contributed by atoms with van der Waals surface area (Å²) in [4.78, 5) is 2.90. The highest BCUT2D eigenvalue weighted by molar-refractivity contribution is 7.22. The lowest BCUT2D eigenvalue weighted by Gasteiger charge is -2.20. The van der Waals surface area contributed by atoms with Crippen LogP contribution in [0.3, 0.4) is 0 Å². The van der Waals surface area contributed by atoms with E-state index < -0.39 is 0 Å². The first-order valence-electron chi connectivity index (χ1n) is 26.6. The average Bonchev–Trinajstić information content (AvgIpc) is 4.25. The van der Waals surface area contributed by atoms with Crippen molar-refractivity contribution in [3.8, 4) is 32.6 Å². The molecule has 0 spiro atoms. The molecule has 378 valence electrons. The van der Waals surface area contributed by atoms with Gasteiger partial charge >= 0.3 is 0 Å². The van der Waals surface area contributed by atoms with Crippen LogP contribution in [0.25, 0.3) is 70.6 Å². The Morgan fingerprint density at radius 1 is 0.405 bits per heavy atom. The maximum absolute atomic E-state index is 6.39. The molecule has 9 heteroatoms. The minimum Gasteiger partial charge on any atom is -0.452 e. The lowest BCUT2D eigenvalue weighted by molar-refractivity contribution is -0.708. The van der Waals surface area contributed by atoms with Crippen LogP contribution in [0.2, 0.25) is 0 Å². The third-order valence-electron chi connectivity index (χ3n) is 19.1. The molecule has 11 aromatic rings. The van der Waals surface area contributed by atoms with E-state index in [1.54, 1.807) is 0 Å². The molecule has 12 heterocycles. The second kappa shape index (κ2) is 15.6. The lowest BCUT2D eigenvalue weighted by Crippen LogP contribution is -2.50. The predicted octanol–water partition coefficient (Wildman–Crippen LogP) is 15.6. The fraction of sp³-hybridized carbons (Fsp3) is 0.369. The first kappa shape index (κ1) is 48.6. The van der Waals surface area contributed by atoms with Crippen molar-refractivity contribution >= 4 is 60.7 Å². The summed E-state index contributed by atoms with van der Waals surface area (Å²) in [6, 6.07) is 19.6. The van der Waals surface area contributed by atoms with Gasteiger partial charge in [-0.2, -0.15) is 13.2 Å². The monoisotopic (exact) mass is 1020 g/mol. The molecule has 0 atom stereocenters. The molecule has 9 aromatic heterocycles. The number of imidazole rings is 3. The summed E-state index contributed by atoms with van der Waals surface area (Å²) in [5, 5.41) is 4.87. The molecule has 14 rings (SSSR count). The minimum absolute atomic E-state index is 0.0169. The summed E-state index contributed by atoms with van der Waals surface area (Å²) in [5.74, 6) is 1.03. The maximum Gasteiger partial charge on any atom is 0.291 e. The smallest absolute Gasteiger partial charge is 0.291 e. The highest BCUT2D eigenvalue weighted by Crippen LogP contribution is 2.51. The van der Waals surface area contributed by atoms with Gasteiger partial charge in [0.2, 0.25) is 5.69 Å². The SMILES string of the molecule is Cc1c(C)c(C)n2c(C)c3[n+](c2c1C)C(C)(C)c1c-3oc2ccccc12.Cc1c(C)c(C)n2c(C)c3[n+](c2c1C)C(C)(C)c1c-3sc2ccccc12.Cc1c(C)c(C)n2c(C)c3[n+](c2c1C)C(C)(C)c1ccsc1-3. The third kappa shape index (κ3) is 5.81. The number of pyridine rings is 3. The van der Waals surface area contributed by atoms with E-state index in [0.717, 1.165) is 11.3 Å². The number of aryl methyl sites for hydroxylation is 9. The summed E-state index contributed by atoms with van der Waals surface area (Å²) < 4.78 is 22.8. The Morgan fingerprint density at radius 3 is 1.35 bits per heavy atom. The third-order valence-corrected chi connectivity index (χ3v) is 21.2. The molecule has 0 fully saturated rings. The van der Waals surface area contributed by atoms with Crippen molar-refractivity contribution in [1.82, 2.24) is 13.2 Å². The van der Waals surface area contributed by atoms with Crippen LogP contribution in [-0.2, 0) is 16.6 Å². The van der Waals surface area contributed by atoms with Gasteiger partial charge in [-0.15, -0.1) is 22.7 Å². The number of furan rings is 1. The molecule has 7 nitrogen and oxygen atoms in total. The zero-order valence-electron chi connectivity index (χ0n) is 47.7. The molecule has 0 unspecified atom stereocenters. The summed E-state index contributed by atoms with van der Waals surface area (Å²) in [5.41, 5.74) is 33.7. The molecule has 0 radical (unpaired) electrons. The minimum atomic E-state index is -0.157. The van der Waals surface area contributed by atoms with Crippen LogP contribution in [-0.4, -0.2) is 13.2 Å². The van der Waals surface area contributed by atoms with E-state index in [1.807, 2.05) is 28.7 Å². The molecule has 0 aliphatic carbocycles. The molecular weight excluding hydrogens is 945 g/mol. The highest BCUT2D eigenvalue weighted by atomic mass is 32.1. The normalized spacial score (nSPS) is 15.1. The quantitative estimate of drug-likeness (QED) is 0.140. The number of hydrogen-bond donors (Lipinski definition) is 0. The first-order chi connectivity index (χ1) is 34.8. The van der Waals surface area contributed by atoms with Gasteiger partial charge < -0.3 is 4.42 Å². The van der Waals surface area contributed by atoms with E-state index in [2.05, 4.69) is 226 Å². The van der Waals surface area contributed by atoms with Crippen LogP contribution in [0.15, 0.2) is 64.4 Å². The van der Waals surface area contributed by atoms with Gasteiger partial charge in [-0.25, -0.2) is 13.7 Å². The highest BCUT2D eigenvalue weighted by Gasteiger charge is 2.52. The van der Waals surface area contributed by atoms with Gasteiger partial charge in [-0.1, -0.05) is 36.4 Å². The maximum atomic E-state index is 6.39. The number of nitrogens with zero attached hydrogens (tertiary/aromatic N) is 6. The van der Waals surface area contributed by atoms with Gasteiger partial charge in [0.1, 0.15) is 39.3 Å². The molecule has 0 bridgehead atoms. The molecule has 2 aromatic carbocycles. The number of para-hydroxylation sites is 1. The Balaban J connectivity index is 0.000000113. The van der Waals surface area contributed by atoms with Gasteiger partial charge in [0, 0.05) is 64.1 Å². The largest absolute Gasteiger partial charge is 0.452 e. The van der Waals surface area contributed by atoms with Crippen LogP contribution < -0.4 is 13.7 Å². The standard InChI is InChI=1S/C23H25N2O.C23H25N2S.C19H23N2S/c2*1-12-13(2)15(4)24-16(5)20-21-19(17-10-8-9-11-18(17)26-21)23(6,7)25(20)22(24)14(12)3;1-10-11(2)13(4)20-14(5)16-17-15(8-9-22-17)19(6,7)21(16)18(20)12(10)3/h2*8-11H,1-7H3;8-9H,1-7H3/q3*+1. The first-order valence-corrected chi connectivity index (χ1v) is 28.3. The Hall–Kier alpha value is -6.29. The number of rotatable bonds is 0. The Kier molecular flexibility index (Phi) is 10.3. The van der Waals surface area contributed by atoms with E-state index in [4.69, 9.17) is 4.42 Å². The van der Waals surface area contributed by atoms with Crippen molar-refractivity contribution in [2.75, 3.05) is 0 Å². The van der Waals surface area contributed by atoms with Crippen LogP contribution in [0.5, 0.6) is 0 Å². The molecule has 3 aliphatic heterocycles. The molecule has 74 heavy (non-hydrogen) atoms. The van der Waals surface area contributed by atoms with E-state index in [1.165, 1.54) is 160 Å². The zero-order chi connectivity index (χ0) is 53.1. The summed E-state index contributed by atoms with van der Waals surface area (Å²) >= 11 is 3.82. The molecule has 0 saturated heterocycles. The summed E-state index contributed by atoms with van der Waals surface area (Å²) in [6.45, 7) is 47.9. The second-order valence-corrected chi connectivity index (χ2v) is 25.6. The van der Waals surface area contributed by atoms with Crippen molar-refractivity contribution in [2.24, 2.45) is 0 Å². The van der Waals surface area contributed by atoms with E-state index in [-0.39, 0.29) is 16.6 Å². The Morgan fingerprint density at radius 2 is 0.824 bits per heavy atom. The van der Waals surface area contributed by atoms with Crippen molar-refractivity contribution in [3.63, 3.8) is 0 Å². The van der Waals surface area contributed by atoms with Crippen molar-refractivity contribution < 1.29 is 18.1 Å². The fourth-order valence-corrected chi connectivity index (χ4v) is 16.8. The van der Waals surface area contributed by atoms with Crippen molar-refractivity contribution in [3.05, 3.63) is 161 Å². The van der Waals surface area contributed by atoms with Gasteiger partial charge in [-0.05, 0) is 182 Å². The molecule has 0 saturated carbocycles. The zero-order valence-corrected chi connectivity index (χ0v) is 49.3. The van der Waals surface area contributed by atoms with E-state index >= 15 is 0 Å². The number of hydrogen-bond acceptors (Lipinski definition) is 3. The van der Waals surface area contributed by atoms with Gasteiger partial charge in [0.05, 0.1) is 15.3 Å². The fourth-order valence-electron chi connectivity index (χ4n) is 14.2. The molecule has 3 aliphatic rings. The molecular formula is C65H73N6OS2+3. The number of benzene rings is 2. The van der Waals surface area contributed by atoms with Crippen LogP contribution in [0.1, 0.15) is 142 Å². The van der Waals surface area contributed by atoms with Gasteiger partial charge in [-0.3, -0.25) is 0 Å². The van der Waals surface area contributed by atoms with Crippen LogP contribution >= 0.6 is 22.7 Å². The lowest BCUT2D eigenvalue weighted by atomic mass is 9.93. The van der Waals surface area contributed by atoms with Crippen molar-refractivity contribution in [1.29, 1.82) is 0 Å². The number of thiophene rings is 2. The van der Waals surface area contributed by atoms with Gasteiger partial charge in [0.25, 0.3) is 16.9 Å². The van der Waals surface area contributed by atoms with Crippen molar-refractivity contribution in [2.45, 2.75) is 162 Å². The van der Waals surface area contributed by atoms with Gasteiger partial charge in [0.15, 0.2) is 34.2 Å². The summed E-state index contributed by atoms with van der Waals surface area (Å²) in [7, 11) is 0. The molecule has 0 amide bonds. The average molecular weight is 1020 g/mol. The Labute approximate surface area is 445 Å². The number of fused-ring (bicyclic) bond motifs is 19. The predicted molar refractivity (Wildman–Crippen MR) is 308 cm³/mol. The van der Waals surface area contributed by atoms with Crippen LogP contribution in [0.4, 0.5) is 0 Å². The van der Waals surface area contributed by atoms with E-state index in [9.17, 15) is 0 Å². The summed E-state index contributed by atoms with van der Waals surface area (Å²) in [6.07, 6.45) is 0. The molecule has 0 N–H and O–H groups in total. The topological polar surface area (TPSA) is 38.0 Å². The second-order valence-electron chi connectivity index (χ2n) is 23.6.